The van der Waals surface area contributed by atoms with Crippen LogP contribution in [0.5, 0.6) is 17.2 Å². The van der Waals surface area contributed by atoms with Gasteiger partial charge in [0.1, 0.15) is 10.7 Å². The van der Waals surface area contributed by atoms with Gasteiger partial charge in [-0.15, -0.1) is 5.10 Å². The highest BCUT2D eigenvalue weighted by molar-refractivity contribution is 8.04. The number of rotatable bonds is 9. The van der Waals surface area contributed by atoms with Crippen LogP contribution in [0, 0.1) is 0 Å². The van der Waals surface area contributed by atoms with Crippen LogP contribution in [-0.4, -0.2) is 47.6 Å². The summed E-state index contributed by atoms with van der Waals surface area (Å²) in [6, 6.07) is 3.38. The van der Waals surface area contributed by atoms with Crippen molar-refractivity contribution in [2.75, 3.05) is 21.3 Å². The van der Waals surface area contributed by atoms with Gasteiger partial charge in [-0.1, -0.05) is 6.92 Å². The van der Waals surface area contributed by atoms with Gasteiger partial charge in [-0.2, -0.15) is 0 Å². The van der Waals surface area contributed by atoms with Gasteiger partial charge in [0, 0.05) is 12.0 Å². The highest BCUT2D eigenvalue weighted by Crippen LogP contribution is 2.41. The van der Waals surface area contributed by atoms with E-state index < -0.39 is 5.97 Å². The van der Waals surface area contributed by atoms with Crippen molar-refractivity contribution >= 4 is 23.8 Å². The Balaban J connectivity index is 2.40. The summed E-state index contributed by atoms with van der Waals surface area (Å²) in [7, 11) is 4.49. The van der Waals surface area contributed by atoms with Crippen molar-refractivity contribution in [3.63, 3.8) is 0 Å². The molecule has 1 heterocycles. The fourth-order valence-corrected chi connectivity index (χ4v) is 3.00. The molecule has 2 rings (SSSR count). The molecule has 0 aliphatic rings. The van der Waals surface area contributed by atoms with Crippen LogP contribution in [0.4, 0.5) is 0 Å². The van der Waals surface area contributed by atoms with Crippen LogP contribution in [0.2, 0.25) is 0 Å². The number of aromatic amines is 1. The molecule has 0 bridgehead atoms. The topological polar surface area (TPSA) is 107 Å². The summed E-state index contributed by atoms with van der Waals surface area (Å²) in [5.74, 6) is 0.899. The third kappa shape index (κ3) is 4.48. The molecule has 0 saturated heterocycles. The first-order valence-corrected chi connectivity index (χ1v) is 8.68. The summed E-state index contributed by atoms with van der Waals surface area (Å²) >= 11 is 0.961. The van der Waals surface area contributed by atoms with E-state index in [0.717, 1.165) is 30.4 Å². The third-order valence-corrected chi connectivity index (χ3v) is 4.31. The number of carbonyl (C=O) groups is 1. The van der Waals surface area contributed by atoms with Crippen molar-refractivity contribution < 1.29 is 24.1 Å². The van der Waals surface area contributed by atoms with Gasteiger partial charge in [0.2, 0.25) is 10.9 Å². The Morgan fingerprint density at radius 2 is 1.96 bits per heavy atom. The first kappa shape index (κ1) is 19.6. The smallest absolute Gasteiger partial charge is 0.342 e. The summed E-state index contributed by atoms with van der Waals surface area (Å²) in [5.41, 5.74) is 0.541. The number of hydrogen-bond acceptors (Lipinski definition) is 7. The summed E-state index contributed by atoms with van der Waals surface area (Å²) in [4.78, 5) is 16.0. The molecule has 0 aliphatic heterocycles. The third-order valence-electron chi connectivity index (χ3n) is 3.43. The minimum Gasteiger partial charge on any atom is -0.493 e. The van der Waals surface area contributed by atoms with Crippen LogP contribution in [0.1, 0.15) is 24.7 Å². The number of benzene rings is 1. The van der Waals surface area contributed by atoms with Gasteiger partial charge in [0.15, 0.2) is 11.5 Å². The molecule has 1 aromatic carbocycles. The number of ether oxygens (including phenoxy) is 3. The van der Waals surface area contributed by atoms with Crippen molar-refractivity contribution in [2.45, 2.75) is 24.9 Å². The molecule has 0 unspecified atom stereocenters. The van der Waals surface area contributed by atoms with Gasteiger partial charge in [0.25, 0.3) is 0 Å². The number of methoxy groups -OCH3 is 3. The molecule has 0 spiro atoms. The van der Waals surface area contributed by atoms with Crippen LogP contribution in [-0.2, 0) is 11.2 Å². The second kappa shape index (κ2) is 9.14. The maximum absolute atomic E-state index is 11.7. The summed E-state index contributed by atoms with van der Waals surface area (Å²) < 4.78 is 16.0. The lowest BCUT2D eigenvalue weighted by Gasteiger charge is -2.14. The van der Waals surface area contributed by atoms with E-state index in [0.29, 0.717) is 28.0 Å². The van der Waals surface area contributed by atoms with E-state index in [9.17, 15) is 9.90 Å². The van der Waals surface area contributed by atoms with E-state index in [4.69, 9.17) is 14.2 Å². The van der Waals surface area contributed by atoms with Crippen LogP contribution in [0.15, 0.2) is 22.2 Å². The van der Waals surface area contributed by atoms with Crippen molar-refractivity contribution in [1.82, 2.24) is 15.2 Å². The molecule has 0 amide bonds. The lowest BCUT2D eigenvalue weighted by atomic mass is 10.1. The van der Waals surface area contributed by atoms with Gasteiger partial charge in [-0.25, -0.2) is 9.78 Å². The van der Waals surface area contributed by atoms with E-state index in [1.165, 1.54) is 27.4 Å². The number of aryl methyl sites for hydroxylation is 1. The predicted octanol–water partition coefficient (Wildman–Crippen LogP) is 3.00. The van der Waals surface area contributed by atoms with E-state index >= 15 is 0 Å². The molecule has 0 fully saturated rings. The molecule has 8 nitrogen and oxygen atoms in total. The average molecular weight is 379 g/mol. The quantitative estimate of drug-likeness (QED) is 0.506. The van der Waals surface area contributed by atoms with Gasteiger partial charge >= 0.3 is 5.97 Å². The van der Waals surface area contributed by atoms with Crippen molar-refractivity contribution in [3.8, 4) is 17.2 Å². The fraction of sp³-hybridized carbons (Fsp3) is 0.353. The lowest BCUT2D eigenvalue weighted by Crippen LogP contribution is -2.00. The molecule has 0 saturated carbocycles. The summed E-state index contributed by atoms with van der Waals surface area (Å²) in [6.07, 6.45) is 3.16. The van der Waals surface area contributed by atoms with E-state index in [1.54, 1.807) is 12.1 Å². The number of carboxylic acids is 1. The minimum absolute atomic E-state index is 0.0533. The van der Waals surface area contributed by atoms with Gasteiger partial charge < -0.3 is 19.3 Å². The standard InChI is InChI=1S/C17H21N3O5S/c1-5-6-13-18-17(20-19-13)26-12(16(21)22)9-10-7-8-11(23-2)15(25-4)14(10)24-3/h7-9H,5-6H2,1-4H3,(H,21,22)(H,18,19,20)/b12-9-. The highest BCUT2D eigenvalue weighted by atomic mass is 32.2. The number of H-pyrrole nitrogens is 1. The molecular formula is C17H21N3O5S. The normalized spacial score (nSPS) is 11.3. The second-order valence-electron chi connectivity index (χ2n) is 5.15. The van der Waals surface area contributed by atoms with Gasteiger partial charge in [-0.05, 0) is 36.4 Å². The van der Waals surface area contributed by atoms with E-state index in [2.05, 4.69) is 15.2 Å². The number of nitrogens with one attached hydrogen (secondary N) is 1. The summed E-state index contributed by atoms with van der Waals surface area (Å²) in [5, 5.41) is 16.8. The summed E-state index contributed by atoms with van der Waals surface area (Å²) in [6.45, 7) is 2.03. The first-order chi connectivity index (χ1) is 12.5. The van der Waals surface area contributed by atoms with Crippen molar-refractivity contribution in [2.24, 2.45) is 0 Å². The van der Waals surface area contributed by atoms with E-state index in [1.807, 2.05) is 6.92 Å². The second-order valence-corrected chi connectivity index (χ2v) is 6.16. The molecule has 26 heavy (non-hydrogen) atoms. The maximum Gasteiger partial charge on any atom is 0.342 e. The molecule has 0 atom stereocenters. The Morgan fingerprint density at radius 1 is 1.23 bits per heavy atom. The van der Waals surface area contributed by atoms with Crippen LogP contribution < -0.4 is 14.2 Å². The number of aliphatic carboxylic acids is 1. The number of aromatic nitrogens is 3. The zero-order valence-electron chi connectivity index (χ0n) is 15.0. The Bertz CT molecular complexity index is 804. The SMILES string of the molecule is CCCc1nc(S/C(=C\c2ccc(OC)c(OC)c2OC)C(=O)O)n[nH]1. The highest BCUT2D eigenvalue weighted by Gasteiger charge is 2.18. The number of nitrogens with zero attached hydrogens (tertiary/aromatic N) is 2. The fourth-order valence-electron chi connectivity index (χ4n) is 2.28. The van der Waals surface area contributed by atoms with Crippen molar-refractivity contribution in [1.29, 1.82) is 0 Å². The van der Waals surface area contributed by atoms with E-state index in [-0.39, 0.29) is 4.91 Å². The van der Waals surface area contributed by atoms with Crippen LogP contribution in [0.25, 0.3) is 6.08 Å². The number of hydrogen-bond donors (Lipinski definition) is 2. The lowest BCUT2D eigenvalue weighted by molar-refractivity contribution is -0.131. The number of carboxylic acid groups (broad SMARTS) is 1. The molecule has 140 valence electrons. The van der Waals surface area contributed by atoms with Gasteiger partial charge in [-0.3, -0.25) is 5.10 Å². The Labute approximate surface area is 155 Å². The molecule has 2 N–H and O–H groups in total. The number of thioether (sulfide) groups is 1. The molecule has 9 heteroatoms. The Hall–Kier alpha value is -2.68. The molecule has 0 aliphatic carbocycles. The predicted molar refractivity (Wildman–Crippen MR) is 97.9 cm³/mol. The zero-order valence-corrected chi connectivity index (χ0v) is 15.8. The average Bonchev–Trinajstić information content (AvgIpc) is 3.07. The van der Waals surface area contributed by atoms with Crippen LogP contribution in [0.3, 0.4) is 0 Å². The van der Waals surface area contributed by atoms with Crippen LogP contribution >= 0.6 is 11.8 Å². The van der Waals surface area contributed by atoms with Gasteiger partial charge in [0.05, 0.1) is 21.3 Å². The Morgan fingerprint density at radius 3 is 2.54 bits per heavy atom. The first-order valence-electron chi connectivity index (χ1n) is 7.87. The molecule has 1 aromatic heterocycles. The maximum atomic E-state index is 11.7. The van der Waals surface area contributed by atoms with Crippen molar-refractivity contribution in [3.05, 3.63) is 28.4 Å². The molecule has 0 radical (unpaired) electrons. The molecular weight excluding hydrogens is 358 g/mol. The monoisotopic (exact) mass is 379 g/mol. The molecule has 2 aromatic rings. The zero-order chi connectivity index (χ0) is 19.1. The minimum atomic E-state index is -1.09. The largest absolute Gasteiger partial charge is 0.493 e. The Kier molecular flexibility index (Phi) is 6.90.